The lowest BCUT2D eigenvalue weighted by Crippen LogP contribution is -2.11. The van der Waals surface area contributed by atoms with Gasteiger partial charge < -0.3 is 5.32 Å². The molecule has 0 aliphatic carbocycles. The summed E-state index contributed by atoms with van der Waals surface area (Å²) in [4.78, 5) is 4.08. The molecule has 1 atom stereocenters. The summed E-state index contributed by atoms with van der Waals surface area (Å²) < 4.78 is 12.0. The Morgan fingerprint density at radius 3 is 3.00 bits per heavy atom. The van der Waals surface area contributed by atoms with Crippen LogP contribution < -0.4 is 5.32 Å². The fourth-order valence-electron chi connectivity index (χ4n) is 0.706. The highest BCUT2D eigenvalue weighted by molar-refractivity contribution is 7.09. The van der Waals surface area contributed by atoms with Gasteiger partial charge in [-0.1, -0.05) is 0 Å². The van der Waals surface area contributed by atoms with Gasteiger partial charge in [-0.15, -0.1) is 11.3 Å². The Labute approximate surface area is 69.5 Å². The van der Waals surface area contributed by atoms with Crippen LogP contribution in [0.3, 0.4) is 0 Å². The molecule has 0 bridgehead atoms. The first-order chi connectivity index (χ1) is 5.27. The van der Waals surface area contributed by atoms with E-state index in [1.54, 1.807) is 5.38 Å². The summed E-state index contributed by atoms with van der Waals surface area (Å²) in [5, 5.41) is 5.74. The predicted molar refractivity (Wildman–Crippen MR) is 44.4 cm³/mol. The number of halogens is 1. The van der Waals surface area contributed by atoms with Gasteiger partial charge in [0.2, 0.25) is 0 Å². The molecule has 0 aliphatic rings. The zero-order valence-corrected chi connectivity index (χ0v) is 7.41. The maximum atomic E-state index is 12.0. The van der Waals surface area contributed by atoms with E-state index in [4.69, 9.17) is 0 Å². The van der Waals surface area contributed by atoms with Gasteiger partial charge in [0.1, 0.15) is 11.7 Å². The minimum atomic E-state index is -0.465. The van der Waals surface area contributed by atoms with Crippen LogP contribution in [0, 0.1) is 0 Å². The van der Waals surface area contributed by atoms with Crippen LogP contribution in [0.15, 0.2) is 5.38 Å². The number of nitrogens with zero attached hydrogens (tertiary/aromatic N) is 1. The predicted octanol–water partition coefficient (Wildman–Crippen LogP) is 1.89. The van der Waals surface area contributed by atoms with Crippen molar-refractivity contribution in [3.8, 4) is 0 Å². The molecule has 1 N–H and O–H groups in total. The Morgan fingerprint density at radius 1 is 1.82 bits per heavy atom. The molecule has 0 fully saturated rings. The monoisotopic (exact) mass is 174 g/mol. The largest absolute Gasteiger partial charge is 0.311 e. The molecule has 62 valence electrons. The van der Waals surface area contributed by atoms with Crippen LogP contribution in [0.5, 0.6) is 0 Å². The third kappa shape index (κ3) is 1.97. The molecule has 0 amide bonds. The van der Waals surface area contributed by atoms with Crippen LogP contribution in [0.25, 0.3) is 0 Å². The first-order valence-electron chi connectivity index (χ1n) is 3.45. The van der Waals surface area contributed by atoms with Crippen molar-refractivity contribution in [3.05, 3.63) is 16.1 Å². The maximum Gasteiger partial charge on any atom is 0.132 e. The molecule has 0 aromatic carbocycles. The van der Waals surface area contributed by atoms with Crippen molar-refractivity contribution >= 4 is 11.3 Å². The molecule has 0 saturated carbocycles. The van der Waals surface area contributed by atoms with E-state index in [2.05, 4.69) is 10.3 Å². The molecule has 0 saturated heterocycles. The van der Waals surface area contributed by atoms with Gasteiger partial charge in [-0.05, 0) is 14.0 Å². The topological polar surface area (TPSA) is 24.9 Å². The number of nitrogens with one attached hydrogen (secondary N) is 1. The van der Waals surface area contributed by atoms with E-state index in [1.807, 2.05) is 14.0 Å². The van der Waals surface area contributed by atoms with Crippen LogP contribution in [0.4, 0.5) is 4.39 Å². The van der Waals surface area contributed by atoms with Gasteiger partial charge in [-0.3, -0.25) is 0 Å². The fraction of sp³-hybridized carbons (Fsp3) is 0.571. The van der Waals surface area contributed by atoms with Crippen molar-refractivity contribution in [2.75, 3.05) is 7.05 Å². The maximum absolute atomic E-state index is 12.0. The highest BCUT2D eigenvalue weighted by Crippen LogP contribution is 2.17. The molecule has 0 spiro atoms. The summed E-state index contributed by atoms with van der Waals surface area (Å²) in [7, 11) is 1.86. The van der Waals surface area contributed by atoms with Crippen molar-refractivity contribution in [1.82, 2.24) is 10.3 Å². The molecule has 4 heteroatoms. The number of thiazole rings is 1. The summed E-state index contributed by atoms with van der Waals surface area (Å²) in [5.74, 6) is 0. The number of hydrogen-bond acceptors (Lipinski definition) is 3. The van der Waals surface area contributed by atoms with Crippen LogP contribution in [-0.2, 0) is 6.67 Å². The van der Waals surface area contributed by atoms with Crippen molar-refractivity contribution in [3.63, 3.8) is 0 Å². The SMILES string of the molecule is CNC(C)c1nc(CF)cs1. The normalized spacial score (nSPS) is 13.4. The summed E-state index contributed by atoms with van der Waals surface area (Å²) in [6.07, 6.45) is 0. The van der Waals surface area contributed by atoms with Gasteiger partial charge >= 0.3 is 0 Å². The van der Waals surface area contributed by atoms with Crippen molar-refractivity contribution in [2.45, 2.75) is 19.6 Å². The molecule has 11 heavy (non-hydrogen) atoms. The van der Waals surface area contributed by atoms with E-state index in [0.717, 1.165) is 5.01 Å². The molecule has 1 heterocycles. The van der Waals surface area contributed by atoms with Gasteiger partial charge in [0.05, 0.1) is 11.7 Å². The minimum absolute atomic E-state index is 0.222. The summed E-state index contributed by atoms with van der Waals surface area (Å²) in [6, 6.07) is 0.222. The van der Waals surface area contributed by atoms with Gasteiger partial charge in [0, 0.05) is 5.38 Å². The first-order valence-corrected chi connectivity index (χ1v) is 4.33. The molecular formula is C7H11FN2S. The highest BCUT2D eigenvalue weighted by atomic mass is 32.1. The van der Waals surface area contributed by atoms with Gasteiger partial charge in [-0.25, -0.2) is 9.37 Å². The summed E-state index contributed by atoms with van der Waals surface area (Å²) >= 11 is 1.49. The Kier molecular flexibility index (Phi) is 2.96. The van der Waals surface area contributed by atoms with Crippen molar-refractivity contribution in [1.29, 1.82) is 0 Å². The zero-order chi connectivity index (χ0) is 8.27. The van der Waals surface area contributed by atoms with Crippen molar-refractivity contribution in [2.24, 2.45) is 0 Å². The van der Waals surface area contributed by atoms with Crippen LogP contribution in [-0.4, -0.2) is 12.0 Å². The average Bonchev–Trinajstić information content (AvgIpc) is 2.50. The molecule has 1 rings (SSSR count). The lowest BCUT2D eigenvalue weighted by molar-refractivity contribution is 0.475. The summed E-state index contributed by atoms with van der Waals surface area (Å²) in [5.41, 5.74) is 0.534. The average molecular weight is 174 g/mol. The molecule has 0 radical (unpaired) electrons. The lowest BCUT2D eigenvalue weighted by Gasteiger charge is -2.03. The van der Waals surface area contributed by atoms with Crippen molar-refractivity contribution < 1.29 is 4.39 Å². The Hall–Kier alpha value is -0.480. The minimum Gasteiger partial charge on any atom is -0.311 e. The standard InChI is InChI=1S/C7H11FN2S/c1-5(9-2)7-10-6(3-8)4-11-7/h4-5,9H,3H2,1-2H3. The quantitative estimate of drug-likeness (QED) is 0.757. The molecule has 0 aliphatic heterocycles. The van der Waals surface area contributed by atoms with E-state index in [0.29, 0.717) is 5.69 Å². The Bertz CT molecular complexity index is 224. The zero-order valence-electron chi connectivity index (χ0n) is 6.60. The van der Waals surface area contributed by atoms with Gasteiger partial charge in [-0.2, -0.15) is 0 Å². The molecular weight excluding hydrogens is 163 g/mol. The number of hydrogen-bond donors (Lipinski definition) is 1. The second-order valence-corrected chi connectivity index (χ2v) is 3.21. The first kappa shape index (κ1) is 8.62. The fourth-order valence-corrected chi connectivity index (χ4v) is 1.57. The highest BCUT2D eigenvalue weighted by Gasteiger charge is 2.06. The molecule has 1 aromatic rings. The summed E-state index contributed by atoms with van der Waals surface area (Å²) in [6.45, 7) is 1.54. The third-order valence-electron chi connectivity index (χ3n) is 1.51. The second kappa shape index (κ2) is 3.78. The Morgan fingerprint density at radius 2 is 2.55 bits per heavy atom. The smallest absolute Gasteiger partial charge is 0.132 e. The Balaban J connectivity index is 2.71. The van der Waals surface area contributed by atoms with Crippen LogP contribution in [0.2, 0.25) is 0 Å². The third-order valence-corrected chi connectivity index (χ3v) is 2.59. The molecule has 2 nitrogen and oxygen atoms in total. The van der Waals surface area contributed by atoms with Crippen LogP contribution in [0.1, 0.15) is 23.7 Å². The molecule has 1 unspecified atom stereocenters. The van der Waals surface area contributed by atoms with Gasteiger partial charge in [0.15, 0.2) is 0 Å². The van der Waals surface area contributed by atoms with E-state index >= 15 is 0 Å². The van der Waals surface area contributed by atoms with E-state index in [9.17, 15) is 4.39 Å². The molecule has 1 aromatic heterocycles. The van der Waals surface area contributed by atoms with Gasteiger partial charge in [0.25, 0.3) is 0 Å². The van der Waals surface area contributed by atoms with E-state index in [-0.39, 0.29) is 6.04 Å². The number of aromatic nitrogens is 1. The van der Waals surface area contributed by atoms with E-state index < -0.39 is 6.67 Å². The number of alkyl halides is 1. The lowest BCUT2D eigenvalue weighted by atomic mass is 10.4. The second-order valence-electron chi connectivity index (χ2n) is 2.32. The van der Waals surface area contributed by atoms with Crippen LogP contribution >= 0.6 is 11.3 Å². The number of rotatable bonds is 3. The van der Waals surface area contributed by atoms with E-state index in [1.165, 1.54) is 11.3 Å².